The third-order valence-electron chi connectivity index (χ3n) is 5.39. The average Bonchev–Trinajstić information content (AvgIpc) is 3.43. The number of carbonyl (C=O) groups is 2. The second kappa shape index (κ2) is 9.65. The third-order valence-corrected chi connectivity index (χ3v) is 5.39. The Morgan fingerprint density at radius 1 is 0.939 bits per heavy atom. The van der Waals surface area contributed by atoms with Gasteiger partial charge >= 0.3 is 0 Å². The van der Waals surface area contributed by atoms with Crippen LogP contribution in [0.15, 0.2) is 76.9 Å². The van der Waals surface area contributed by atoms with Crippen molar-refractivity contribution in [3.05, 3.63) is 89.4 Å². The molecule has 1 aliphatic rings. The molecule has 1 fully saturated rings. The molecule has 170 valence electrons. The third kappa shape index (κ3) is 4.48. The number of ether oxygens (including phenoxy) is 2. The molecule has 7 heteroatoms. The van der Waals surface area contributed by atoms with Crippen LogP contribution in [0.4, 0.5) is 0 Å². The van der Waals surface area contributed by atoms with Crippen molar-refractivity contribution >= 4 is 17.4 Å². The normalized spacial score (nSPS) is 17.4. The summed E-state index contributed by atoms with van der Waals surface area (Å²) in [4.78, 5) is 27.5. The highest BCUT2D eigenvalue weighted by Gasteiger charge is 2.46. The van der Waals surface area contributed by atoms with Crippen molar-refractivity contribution in [2.45, 2.75) is 26.4 Å². The molecule has 1 aliphatic heterocycles. The van der Waals surface area contributed by atoms with E-state index in [4.69, 9.17) is 13.9 Å². The Hall–Kier alpha value is -4.00. The number of furan rings is 1. The van der Waals surface area contributed by atoms with Crippen molar-refractivity contribution in [2.24, 2.45) is 0 Å². The molecule has 0 aliphatic carbocycles. The van der Waals surface area contributed by atoms with Crippen LogP contribution >= 0.6 is 0 Å². The maximum Gasteiger partial charge on any atom is 0.296 e. The summed E-state index contributed by atoms with van der Waals surface area (Å²) in [6.45, 7) is 4.90. The van der Waals surface area contributed by atoms with Crippen molar-refractivity contribution in [3.63, 3.8) is 0 Å². The number of nitrogens with zero attached hydrogens (tertiary/aromatic N) is 1. The number of amides is 1. The lowest BCUT2D eigenvalue weighted by molar-refractivity contribution is -0.140. The Bertz CT molecular complexity index is 1150. The first-order valence-electron chi connectivity index (χ1n) is 10.8. The zero-order valence-corrected chi connectivity index (χ0v) is 18.5. The number of rotatable bonds is 8. The molecule has 3 aromatic rings. The quantitative estimate of drug-likeness (QED) is 0.306. The van der Waals surface area contributed by atoms with Crippen molar-refractivity contribution in [1.29, 1.82) is 0 Å². The molecule has 0 bridgehead atoms. The molecule has 4 rings (SSSR count). The van der Waals surface area contributed by atoms with Crippen LogP contribution in [0.1, 0.15) is 36.8 Å². The van der Waals surface area contributed by atoms with Crippen LogP contribution in [0.2, 0.25) is 0 Å². The first-order chi connectivity index (χ1) is 16.0. The number of benzene rings is 2. The summed E-state index contributed by atoms with van der Waals surface area (Å²) < 4.78 is 16.4. The van der Waals surface area contributed by atoms with Crippen molar-refractivity contribution < 1.29 is 28.6 Å². The molecule has 1 N–H and O–H groups in total. The Balaban J connectivity index is 1.79. The van der Waals surface area contributed by atoms with Gasteiger partial charge in [0, 0.05) is 5.56 Å². The van der Waals surface area contributed by atoms with E-state index in [0.29, 0.717) is 41.6 Å². The van der Waals surface area contributed by atoms with Crippen molar-refractivity contribution in [1.82, 2.24) is 4.90 Å². The van der Waals surface area contributed by atoms with Gasteiger partial charge in [-0.25, -0.2) is 0 Å². The van der Waals surface area contributed by atoms with Gasteiger partial charge in [0.05, 0.1) is 37.6 Å². The topological polar surface area (TPSA) is 89.2 Å². The predicted octanol–water partition coefficient (Wildman–Crippen LogP) is 4.70. The van der Waals surface area contributed by atoms with E-state index in [2.05, 4.69) is 0 Å². The van der Waals surface area contributed by atoms with Crippen LogP contribution in [0, 0.1) is 0 Å². The summed E-state index contributed by atoms with van der Waals surface area (Å²) in [5.41, 5.74) is 1.13. The highest BCUT2D eigenvalue weighted by Crippen LogP contribution is 2.40. The molecule has 0 spiro atoms. The number of ketones is 1. The standard InChI is InChI=1S/C26H25NO6/c1-3-31-19-11-7-17(8-12-19)23-22(24(28)18-9-13-20(14-10-18)32-4-2)25(29)26(30)27(23)16-21-6-5-15-33-21/h5-15,23,28H,3-4,16H2,1-2H3/b24-22-. The van der Waals surface area contributed by atoms with Crippen LogP contribution < -0.4 is 9.47 Å². The van der Waals surface area contributed by atoms with Crippen molar-refractivity contribution in [3.8, 4) is 11.5 Å². The number of Topliss-reactive ketones (excluding diaryl/α,β-unsaturated/α-hetero) is 1. The van der Waals surface area contributed by atoms with E-state index in [1.165, 1.54) is 11.2 Å². The van der Waals surface area contributed by atoms with Crippen LogP contribution in [0.5, 0.6) is 11.5 Å². The minimum absolute atomic E-state index is 0.0277. The van der Waals surface area contributed by atoms with Gasteiger partial charge < -0.3 is 23.9 Å². The largest absolute Gasteiger partial charge is 0.507 e. The Kier molecular flexibility index (Phi) is 6.49. The molecule has 1 atom stereocenters. The molecule has 0 saturated carbocycles. The van der Waals surface area contributed by atoms with Gasteiger partial charge in [-0.3, -0.25) is 9.59 Å². The molecular formula is C26H25NO6. The number of carbonyl (C=O) groups excluding carboxylic acids is 2. The first-order valence-corrected chi connectivity index (χ1v) is 10.8. The molecule has 1 aromatic heterocycles. The second-order valence-electron chi connectivity index (χ2n) is 7.47. The molecular weight excluding hydrogens is 422 g/mol. The van der Waals surface area contributed by atoms with E-state index < -0.39 is 17.7 Å². The summed E-state index contributed by atoms with van der Waals surface area (Å²) in [6.07, 6.45) is 1.51. The van der Waals surface area contributed by atoms with Crippen LogP contribution in [-0.2, 0) is 16.1 Å². The van der Waals surface area contributed by atoms with Gasteiger partial charge in [-0.2, -0.15) is 0 Å². The van der Waals surface area contributed by atoms with Gasteiger partial charge in [0.25, 0.3) is 11.7 Å². The van der Waals surface area contributed by atoms with Gasteiger partial charge in [0.2, 0.25) is 0 Å². The molecule has 2 heterocycles. The SMILES string of the molecule is CCOc1ccc(/C(O)=C2/C(=O)C(=O)N(Cc3ccco3)C2c2ccc(OCC)cc2)cc1. The number of hydrogen-bond donors (Lipinski definition) is 1. The van der Waals surface area contributed by atoms with Gasteiger partial charge in [0.1, 0.15) is 23.0 Å². The molecule has 1 amide bonds. The predicted molar refractivity (Wildman–Crippen MR) is 122 cm³/mol. The van der Waals surface area contributed by atoms with E-state index in [1.807, 2.05) is 13.8 Å². The molecule has 33 heavy (non-hydrogen) atoms. The summed E-state index contributed by atoms with van der Waals surface area (Å²) in [6, 6.07) is 16.6. The van der Waals surface area contributed by atoms with Gasteiger partial charge in [-0.15, -0.1) is 0 Å². The summed E-state index contributed by atoms with van der Waals surface area (Å²) in [7, 11) is 0. The fraction of sp³-hybridized carbons (Fsp3) is 0.231. The fourth-order valence-electron chi connectivity index (χ4n) is 3.90. The van der Waals surface area contributed by atoms with Crippen LogP contribution in [0.3, 0.4) is 0 Å². The van der Waals surface area contributed by atoms with Crippen molar-refractivity contribution in [2.75, 3.05) is 13.2 Å². The number of hydrogen-bond acceptors (Lipinski definition) is 6. The van der Waals surface area contributed by atoms with E-state index in [-0.39, 0.29) is 17.9 Å². The molecule has 2 aromatic carbocycles. The Labute approximate surface area is 191 Å². The smallest absolute Gasteiger partial charge is 0.296 e. The number of likely N-dealkylation sites (tertiary alicyclic amines) is 1. The zero-order chi connectivity index (χ0) is 23.4. The molecule has 0 radical (unpaired) electrons. The fourth-order valence-corrected chi connectivity index (χ4v) is 3.90. The first kappa shape index (κ1) is 22.2. The van der Waals surface area contributed by atoms with E-state index in [1.54, 1.807) is 60.7 Å². The highest BCUT2D eigenvalue weighted by atomic mass is 16.5. The minimum atomic E-state index is -0.780. The highest BCUT2D eigenvalue weighted by molar-refractivity contribution is 6.46. The van der Waals surface area contributed by atoms with Crippen LogP contribution in [0.25, 0.3) is 5.76 Å². The molecule has 7 nitrogen and oxygen atoms in total. The minimum Gasteiger partial charge on any atom is -0.507 e. The number of aliphatic hydroxyl groups is 1. The number of aliphatic hydroxyl groups excluding tert-OH is 1. The molecule has 1 unspecified atom stereocenters. The van der Waals surface area contributed by atoms with E-state index >= 15 is 0 Å². The maximum atomic E-state index is 13.1. The van der Waals surface area contributed by atoms with Gasteiger partial charge in [-0.1, -0.05) is 12.1 Å². The monoisotopic (exact) mass is 447 g/mol. The molecule has 1 saturated heterocycles. The van der Waals surface area contributed by atoms with E-state index in [0.717, 1.165) is 0 Å². The zero-order valence-electron chi connectivity index (χ0n) is 18.5. The van der Waals surface area contributed by atoms with Crippen LogP contribution in [-0.4, -0.2) is 34.9 Å². The maximum absolute atomic E-state index is 13.1. The summed E-state index contributed by atoms with van der Waals surface area (Å²) in [5, 5.41) is 11.1. The second-order valence-corrected chi connectivity index (χ2v) is 7.47. The summed E-state index contributed by atoms with van der Waals surface area (Å²) >= 11 is 0. The van der Waals surface area contributed by atoms with Gasteiger partial charge in [0.15, 0.2) is 0 Å². The Morgan fingerprint density at radius 2 is 1.55 bits per heavy atom. The Morgan fingerprint density at radius 3 is 2.09 bits per heavy atom. The van der Waals surface area contributed by atoms with Gasteiger partial charge in [-0.05, 0) is 67.9 Å². The lowest BCUT2D eigenvalue weighted by Gasteiger charge is -2.24. The average molecular weight is 447 g/mol. The lowest BCUT2D eigenvalue weighted by Crippen LogP contribution is -2.29. The lowest BCUT2D eigenvalue weighted by atomic mass is 9.95. The van der Waals surface area contributed by atoms with E-state index in [9.17, 15) is 14.7 Å². The summed E-state index contributed by atoms with van der Waals surface area (Å²) in [5.74, 6) is 0.182.